The minimum atomic E-state index is -0.918. The summed E-state index contributed by atoms with van der Waals surface area (Å²) >= 11 is 0. The second-order valence-corrected chi connectivity index (χ2v) is 5.52. The Labute approximate surface area is 127 Å². The molecule has 2 aromatic heterocycles. The lowest BCUT2D eigenvalue weighted by molar-refractivity contribution is -0.139. The van der Waals surface area contributed by atoms with Crippen molar-refractivity contribution in [3.05, 3.63) is 35.8 Å². The summed E-state index contributed by atoms with van der Waals surface area (Å²) in [4.78, 5) is 26.9. The highest BCUT2D eigenvalue weighted by molar-refractivity contribution is 5.98. The molecule has 0 aromatic carbocycles. The molecule has 0 saturated heterocycles. The topological polar surface area (TPSA) is 97.1 Å². The molecule has 3 rings (SSSR count). The summed E-state index contributed by atoms with van der Waals surface area (Å²) in [6.45, 7) is 3.85. The molecule has 1 amide bonds. The zero-order chi connectivity index (χ0) is 15.9. The zero-order valence-corrected chi connectivity index (χ0v) is 12.3. The highest BCUT2D eigenvalue weighted by Crippen LogP contribution is 2.39. The fourth-order valence-corrected chi connectivity index (χ4v) is 2.44. The number of nitrogens with one attached hydrogen (secondary N) is 1. The number of carboxylic acid groups (broad SMARTS) is 1. The van der Waals surface area contributed by atoms with Gasteiger partial charge in [-0.15, -0.1) is 0 Å². The second kappa shape index (κ2) is 5.25. The molecule has 0 spiro atoms. The SMILES string of the molecule is Cc1cc(C)n(-c2ccc(NC(=O)[C@H]3C[C@H]3C(=O)O)cn2)n1. The van der Waals surface area contributed by atoms with E-state index < -0.39 is 17.8 Å². The Balaban J connectivity index is 1.69. The van der Waals surface area contributed by atoms with Crippen LogP contribution in [0, 0.1) is 25.7 Å². The number of rotatable bonds is 4. The van der Waals surface area contributed by atoms with Crippen molar-refractivity contribution in [2.45, 2.75) is 20.3 Å². The third-order valence-corrected chi connectivity index (χ3v) is 3.69. The molecular weight excluding hydrogens is 284 g/mol. The summed E-state index contributed by atoms with van der Waals surface area (Å²) in [5, 5.41) is 15.9. The molecule has 7 heteroatoms. The van der Waals surface area contributed by atoms with Crippen LogP contribution in [0.4, 0.5) is 5.69 Å². The standard InChI is InChI=1S/C15H16N4O3/c1-8-5-9(2)19(18-8)13-4-3-10(7-16-13)17-14(20)11-6-12(11)15(21)22/h3-5,7,11-12H,6H2,1-2H3,(H,17,20)(H,21,22)/t11-,12+/m0/s1. The molecule has 7 nitrogen and oxygen atoms in total. The molecule has 114 valence electrons. The van der Waals surface area contributed by atoms with Gasteiger partial charge in [0.05, 0.1) is 29.4 Å². The molecule has 1 aliphatic rings. The van der Waals surface area contributed by atoms with E-state index in [1.54, 1.807) is 23.0 Å². The fourth-order valence-electron chi connectivity index (χ4n) is 2.44. The Hall–Kier alpha value is -2.70. The number of aliphatic carboxylic acids is 1. The molecular formula is C15H16N4O3. The number of carboxylic acids is 1. The van der Waals surface area contributed by atoms with Gasteiger partial charge >= 0.3 is 5.97 Å². The summed E-state index contributed by atoms with van der Waals surface area (Å²) in [5.41, 5.74) is 2.43. The largest absolute Gasteiger partial charge is 0.481 e. The number of carbonyl (C=O) groups is 2. The van der Waals surface area contributed by atoms with Crippen LogP contribution in [-0.2, 0) is 9.59 Å². The van der Waals surface area contributed by atoms with Crippen LogP contribution >= 0.6 is 0 Å². The van der Waals surface area contributed by atoms with Crippen molar-refractivity contribution in [3.8, 4) is 5.82 Å². The minimum Gasteiger partial charge on any atom is -0.481 e. The van der Waals surface area contributed by atoms with Crippen molar-refractivity contribution in [1.29, 1.82) is 0 Å². The molecule has 2 atom stereocenters. The average molecular weight is 300 g/mol. The number of carbonyl (C=O) groups excluding carboxylic acids is 1. The third-order valence-electron chi connectivity index (χ3n) is 3.69. The van der Waals surface area contributed by atoms with Crippen LogP contribution in [0.1, 0.15) is 17.8 Å². The summed E-state index contributed by atoms with van der Waals surface area (Å²) in [6.07, 6.45) is 1.94. The van der Waals surface area contributed by atoms with Crippen molar-refractivity contribution in [3.63, 3.8) is 0 Å². The van der Waals surface area contributed by atoms with E-state index in [9.17, 15) is 9.59 Å². The monoisotopic (exact) mass is 300 g/mol. The summed E-state index contributed by atoms with van der Waals surface area (Å²) in [5.74, 6) is -1.51. The maximum absolute atomic E-state index is 11.9. The number of aromatic nitrogens is 3. The van der Waals surface area contributed by atoms with Crippen LogP contribution in [0.25, 0.3) is 5.82 Å². The van der Waals surface area contributed by atoms with Crippen LogP contribution in [0.2, 0.25) is 0 Å². The summed E-state index contributed by atoms with van der Waals surface area (Å²) < 4.78 is 1.72. The third kappa shape index (κ3) is 2.69. The Bertz CT molecular complexity index is 736. The van der Waals surface area contributed by atoms with E-state index in [-0.39, 0.29) is 5.91 Å². The number of hydrogen-bond acceptors (Lipinski definition) is 4. The Morgan fingerprint density at radius 1 is 1.32 bits per heavy atom. The molecule has 0 bridgehead atoms. The molecule has 2 aromatic rings. The maximum atomic E-state index is 11.9. The van der Waals surface area contributed by atoms with Gasteiger partial charge in [0.2, 0.25) is 5.91 Å². The van der Waals surface area contributed by atoms with Gasteiger partial charge in [-0.1, -0.05) is 0 Å². The van der Waals surface area contributed by atoms with Crippen LogP contribution in [0.3, 0.4) is 0 Å². The number of aryl methyl sites for hydroxylation is 2. The van der Waals surface area contributed by atoms with Crippen molar-refractivity contribution < 1.29 is 14.7 Å². The molecule has 1 saturated carbocycles. The van der Waals surface area contributed by atoms with Gasteiger partial charge in [0.1, 0.15) is 0 Å². The van der Waals surface area contributed by atoms with Gasteiger partial charge in [-0.25, -0.2) is 9.67 Å². The minimum absolute atomic E-state index is 0.270. The Morgan fingerprint density at radius 2 is 2.09 bits per heavy atom. The fraction of sp³-hybridized carbons (Fsp3) is 0.333. The molecule has 0 radical (unpaired) electrons. The van der Waals surface area contributed by atoms with Gasteiger partial charge in [0, 0.05) is 5.69 Å². The van der Waals surface area contributed by atoms with Crippen LogP contribution in [0.15, 0.2) is 24.4 Å². The molecule has 2 heterocycles. The van der Waals surface area contributed by atoms with Crippen LogP contribution in [0.5, 0.6) is 0 Å². The molecule has 22 heavy (non-hydrogen) atoms. The first-order chi connectivity index (χ1) is 10.5. The van der Waals surface area contributed by atoms with Gasteiger partial charge < -0.3 is 10.4 Å². The van der Waals surface area contributed by atoms with Gasteiger partial charge in [0.25, 0.3) is 0 Å². The average Bonchev–Trinajstić information content (AvgIpc) is 3.20. The van der Waals surface area contributed by atoms with Gasteiger partial charge in [-0.05, 0) is 38.5 Å². The van der Waals surface area contributed by atoms with Crippen LogP contribution in [-0.4, -0.2) is 31.7 Å². The van der Waals surface area contributed by atoms with Crippen molar-refractivity contribution in [2.75, 3.05) is 5.32 Å². The molecule has 1 fully saturated rings. The van der Waals surface area contributed by atoms with Gasteiger partial charge in [-0.3, -0.25) is 9.59 Å². The van der Waals surface area contributed by atoms with Crippen LogP contribution < -0.4 is 5.32 Å². The van der Waals surface area contributed by atoms with Gasteiger partial charge in [0.15, 0.2) is 5.82 Å². The van der Waals surface area contributed by atoms with E-state index in [0.29, 0.717) is 17.9 Å². The quantitative estimate of drug-likeness (QED) is 0.892. The lowest BCUT2D eigenvalue weighted by Gasteiger charge is -2.06. The number of pyridine rings is 1. The molecule has 0 aliphatic heterocycles. The Kier molecular flexibility index (Phi) is 3.40. The normalized spacial score (nSPS) is 19.7. The molecule has 0 unspecified atom stereocenters. The van der Waals surface area contributed by atoms with E-state index in [1.165, 1.54) is 0 Å². The highest BCUT2D eigenvalue weighted by Gasteiger charge is 2.48. The maximum Gasteiger partial charge on any atom is 0.307 e. The highest BCUT2D eigenvalue weighted by atomic mass is 16.4. The van der Waals surface area contributed by atoms with E-state index in [0.717, 1.165) is 11.4 Å². The summed E-state index contributed by atoms with van der Waals surface area (Å²) in [7, 11) is 0. The number of amides is 1. The first-order valence-corrected chi connectivity index (χ1v) is 6.99. The van der Waals surface area contributed by atoms with Gasteiger partial charge in [-0.2, -0.15) is 5.10 Å². The first-order valence-electron chi connectivity index (χ1n) is 6.99. The van der Waals surface area contributed by atoms with Crippen molar-refractivity contribution in [2.24, 2.45) is 11.8 Å². The predicted molar refractivity (Wildman–Crippen MR) is 78.7 cm³/mol. The van der Waals surface area contributed by atoms with Crippen molar-refractivity contribution in [1.82, 2.24) is 14.8 Å². The number of nitrogens with zero attached hydrogens (tertiary/aromatic N) is 3. The van der Waals surface area contributed by atoms with E-state index in [1.807, 2.05) is 19.9 Å². The number of hydrogen-bond donors (Lipinski definition) is 2. The number of anilines is 1. The van der Waals surface area contributed by atoms with Crippen molar-refractivity contribution >= 4 is 17.6 Å². The Morgan fingerprint density at radius 3 is 2.59 bits per heavy atom. The zero-order valence-electron chi connectivity index (χ0n) is 12.3. The van der Waals surface area contributed by atoms with E-state index in [4.69, 9.17) is 5.11 Å². The predicted octanol–water partition coefficient (Wildman–Crippen LogP) is 1.54. The second-order valence-electron chi connectivity index (χ2n) is 5.52. The van der Waals surface area contributed by atoms with E-state index >= 15 is 0 Å². The summed E-state index contributed by atoms with van der Waals surface area (Å²) in [6, 6.07) is 5.45. The lowest BCUT2D eigenvalue weighted by atomic mass is 10.3. The lowest BCUT2D eigenvalue weighted by Crippen LogP contribution is -2.17. The smallest absolute Gasteiger partial charge is 0.307 e. The molecule has 2 N–H and O–H groups in total. The van der Waals surface area contributed by atoms with E-state index in [2.05, 4.69) is 15.4 Å². The first kappa shape index (κ1) is 14.2. The molecule has 1 aliphatic carbocycles.